The number of halogens is 1. The largest absolute Gasteiger partial charge is 0.305 e. The summed E-state index contributed by atoms with van der Waals surface area (Å²) in [5.41, 5.74) is 2.11. The van der Waals surface area contributed by atoms with E-state index in [4.69, 9.17) is 0 Å². The quantitative estimate of drug-likeness (QED) is 0.764. The van der Waals surface area contributed by atoms with E-state index in [1.54, 1.807) is 23.1 Å². The van der Waals surface area contributed by atoms with Gasteiger partial charge < -0.3 is 5.32 Å². The van der Waals surface area contributed by atoms with Crippen molar-refractivity contribution < 1.29 is 4.79 Å². The molecule has 0 bridgehead atoms. The predicted octanol–water partition coefficient (Wildman–Crippen LogP) is 3.04. The van der Waals surface area contributed by atoms with Gasteiger partial charge in [0.05, 0.1) is 24.6 Å². The number of benzene rings is 1. The molecule has 0 fully saturated rings. The number of hydrogen-bond acceptors (Lipinski definition) is 4. The lowest BCUT2D eigenvalue weighted by molar-refractivity contribution is 0.102. The van der Waals surface area contributed by atoms with Crippen molar-refractivity contribution in [2.75, 3.05) is 5.32 Å². The van der Waals surface area contributed by atoms with Crippen molar-refractivity contribution in [3.05, 3.63) is 70.3 Å². The third-order valence-electron chi connectivity index (χ3n) is 3.19. The first-order valence-corrected chi connectivity index (χ1v) is 7.77. The Hall–Kier alpha value is -2.54. The molecule has 0 saturated heterocycles. The van der Waals surface area contributed by atoms with Gasteiger partial charge in [0.1, 0.15) is 11.5 Å². The fourth-order valence-corrected chi connectivity index (χ4v) is 2.51. The van der Waals surface area contributed by atoms with Crippen LogP contribution in [0, 0.1) is 6.92 Å². The van der Waals surface area contributed by atoms with Crippen molar-refractivity contribution >= 4 is 27.7 Å². The SMILES string of the molecule is Cc1cnc(C(=O)Nc2ccnn2Cc2cccc(Br)c2)cn1. The van der Waals surface area contributed by atoms with Gasteiger partial charge in [-0.15, -0.1) is 0 Å². The molecule has 7 heteroatoms. The highest BCUT2D eigenvalue weighted by molar-refractivity contribution is 9.10. The summed E-state index contributed by atoms with van der Waals surface area (Å²) in [5.74, 6) is 0.297. The van der Waals surface area contributed by atoms with Crippen molar-refractivity contribution in [1.29, 1.82) is 0 Å². The van der Waals surface area contributed by atoms with Crippen LogP contribution in [0.3, 0.4) is 0 Å². The second kappa shape index (κ2) is 6.70. The zero-order valence-corrected chi connectivity index (χ0v) is 14.0. The molecule has 0 aliphatic carbocycles. The van der Waals surface area contributed by atoms with Crippen LogP contribution in [0.2, 0.25) is 0 Å². The van der Waals surface area contributed by atoms with Crippen LogP contribution in [0.25, 0.3) is 0 Å². The predicted molar refractivity (Wildman–Crippen MR) is 90.2 cm³/mol. The van der Waals surface area contributed by atoms with Gasteiger partial charge in [0.2, 0.25) is 0 Å². The summed E-state index contributed by atoms with van der Waals surface area (Å²) in [7, 11) is 0. The highest BCUT2D eigenvalue weighted by Gasteiger charge is 2.11. The highest BCUT2D eigenvalue weighted by Crippen LogP contribution is 2.15. The van der Waals surface area contributed by atoms with E-state index in [2.05, 4.69) is 36.3 Å². The topological polar surface area (TPSA) is 72.7 Å². The Balaban J connectivity index is 1.75. The number of carbonyl (C=O) groups is 1. The van der Waals surface area contributed by atoms with Crippen LogP contribution in [0.15, 0.2) is 53.4 Å². The summed E-state index contributed by atoms with van der Waals surface area (Å²) in [5, 5.41) is 7.06. The molecule has 23 heavy (non-hydrogen) atoms. The maximum absolute atomic E-state index is 12.2. The van der Waals surface area contributed by atoms with Gasteiger partial charge in [0.25, 0.3) is 5.91 Å². The maximum Gasteiger partial charge on any atom is 0.277 e. The fraction of sp³-hybridized carbons (Fsp3) is 0.125. The molecular weight excluding hydrogens is 358 g/mol. The van der Waals surface area contributed by atoms with Crippen molar-refractivity contribution in [2.45, 2.75) is 13.5 Å². The molecule has 1 aromatic carbocycles. The molecule has 2 heterocycles. The van der Waals surface area contributed by atoms with E-state index < -0.39 is 0 Å². The lowest BCUT2D eigenvalue weighted by Crippen LogP contribution is -2.17. The molecule has 0 saturated carbocycles. The lowest BCUT2D eigenvalue weighted by Gasteiger charge is -2.09. The number of anilines is 1. The summed E-state index contributed by atoms with van der Waals surface area (Å²) < 4.78 is 2.73. The zero-order chi connectivity index (χ0) is 16.2. The monoisotopic (exact) mass is 371 g/mol. The molecular formula is C16H14BrN5O. The molecule has 0 aliphatic rings. The van der Waals surface area contributed by atoms with Crippen LogP contribution < -0.4 is 5.32 Å². The van der Waals surface area contributed by atoms with Gasteiger partial charge in [0.15, 0.2) is 0 Å². The van der Waals surface area contributed by atoms with Gasteiger partial charge in [-0.25, -0.2) is 9.67 Å². The summed E-state index contributed by atoms with van der Waals surface area (Å²) >= 11 is 3.45. The number of carbonyl (C=O) groups excluding carboxylic acids is 1. The first-order chi connectivity index (χ1) is 11.1. The van der Waals surface area contributed by atoms with Gasteiger partial charge >= 0.3 is 0 Å². The Bertz CT molecular complexity index is 828. The first-order valence-electron chi connectivity index (χ1n) is 6.98. The molecule has 1 amide bonds. The molecule has 116 valence electrons. The van der Waals surface area contributed by atoms with Gasteiger partial charge in [-0.1, -0.05) is 28.1 Å². The minimum absolute atomic E-state index is 0.269. The number of amides is 1. The summed E-state index contributed by atoms with van der Waals surface area (Å²) in [4.78, 5) is 20.4. The van der Waals surface area contributed by atoms with Crippen LogP contribution in [-0.2, 0) is 6.54 Å². The van der Waals surface area contributed by atoms with E-state index in [0.29, 0.717) is 12.4 Å². The molecule has 0 atom stereocenters. The van der Waals surface area contributed by atoms with Crippen molar-refractivity contribution in [3.63, 3.8) is 0 Å². The molecule has 6 nitrogen and oxygen atoms in total. The van der Waals surface area contributed by atoms with E-state index in [0.717, 1.165) is 15.7 Å². The Morgan fingerprint density at radius 3 is 2.87 bits per heavy atom. The Kier molecular flexibility index (Phi) is 4.47. The third-order valence-corrected chi connectivity index (χ3v) is 3.69. The normalized spacial score (nSPS) is 10.5. The number of aryl methyl sites for hydroxylation is 1. The summed E-state index contributed by atoms with van der Waals surface area (Å²) in [6.07, 6.45) is 4.67. The van der Waals surface area contributed by atoms with Crippen molar-refractivity contribution in [1.82, 2.24) is 19.7 Å². The van der Waals surface area contributed by atoms with Crippen LogP contribution >= 0.6 is 15.9 Å². The molecule has 1 N–H and O–H groups in total. The summed E-state index contributed by atoms with van der Waals surface area (Å²) in [6.45, 7) is 2.38. The molecule has 0 spiro atoms. The van der Waals surface area contributed by atoms with E-state index in [1.807, 2.05) is 31.2 Å². The van der Waals surface area contributed by atoms with Gasteiger partial charge in [0, 0.05) is 16.7 Å². The van der Waals surface area contributed by atoms with Gasteiger partial charge in [-0.05, 0) is 24.6 Å². The molecule has 3 rings (SSSR count). The van der Waals surface area contributed by atoms with E-state index in [-0.39, 0.29) is 11.6 Å². The van der Waals surface area contributed by atoms with Crippen LogP contribution in [-0.4, -0.2) is 25.7 Å². The minimum Gasteiger partial charge on any atom is -0.305 e. The second-order valence-electron chi connectivity index (χ2n) is 5.00. The van der Waals surface area contributed by atoms with E-state index in [9.17, 15) is 4.79 Å². The smallest absolute Gasteiger partial charge is 0.277 e. The maximum atomic E-state index is 12.2. The van der Waals surface area contributed by atoms with E-state index >= 15 is 0 Å². The van der Waals surface area contributed by atoms with Gasteiger partial charge in [-0.3, -0.25) is 9.78 Å². The standard InChI is InChI=1S/C16H14BrN5O/c1-11-8-19-14(9-18-11)16(23)21-15-5-6-20-22(15)10-12-3-2-4-13(17)7-12/h2-9H,10H2,1H3,(H,21,23). The Morgan fingerprint density at radius 1 is 1.26 bits per heavy atom. The van der Waals surface area contributed by atoms with Crippen LogP contribution in [0.1, 0.15) is 21.7 Å². The zero-order valence-electron chi connectivity index (χ0n) is 12.4. The summed E-state index contributed by atoms with van der Waals surface area (Å²) in [6, 6.07) is 9.69. The second-order valence-corrected chi connectivity index (χ2v) is 5.92. The third kappa shape index (κ3) is 3.81. The number of rotatable bonds is 4. The van der Waals surface area contributed by atoms with Gasteiger partial charge in [-0.2, -0.15) is 5.10 Å². The fourth-order valence-electron chi connectivity index (χ4n) is 2.06. The molecule has 0 radical (unpaired) electrons. The molecule has 2 aromatic heterocycles. The lowest BCUT2D eigenvalue weighted by atomic mass is 10.2. The number of nitrogens with one attached hydrogen (secondary N) is 1. The average molecular weight is 372 g/mol. The molecule has 0 unspecified atom stereocenters. The Morgan fingerprint density at radius 2 is 2.13 bits per heavy atom. The average Bonchev–Trinajstić information content (AvgIpc) is 2.95. The van der Waals surface area contributed by atoms with Crippen LogP contribution in [0.4, 0.5) is 5.82 Å². The number of aromatic nitrogens is 4. The minimum atomic E-state index is -0.312. The first kappa shape index (κ1) is 15.4. The molecule has 0 aliphatic heterocycles. The van der Waals surface area contributed by atoms with Crippen molar-refractivity contribution in [3.8, 4) is 0 Å². The number of nitrogens with zero attached hydrogens (tertiary/aromatic N) is 4. The molecule has 3 aromatic rings. The Labute approximate surface area is 141 Å². The van der Waals surface area contributed by atoms with Crippen LogP contribution in [0.5, 0.6) is 0 Å². The highest BCUT2D eigenvalue weighted by atomic mass is 79.9. The number of hydrogen-bond donors (Lipinski definition) is 1. The van der Waals surface area contributed by atoms with Crippen molar-refractivity contribution in [2.24, 2.45) is 0 Å². The van der Waals surface area contributed by atoms with E-state index in [1.165, 1.54) is 6.20 Å².